The second-order valence-electron chi connectivity index (χ2n) is 4.15. The highest BCUT2D eigenvalue weighted by atomic mass is 16.6. The number of rotatable bonds is 3. The van der Waals surface area contributed by atoms with E-state index >= 15 is 0 Å². The predicted octanol–water partition coefficient (Wildman–Crippen LogP) is 2.35. The summed E-state index contributed by atoms with van der Waals surface area (Å²) in [6.07, 6.45) is 2.70. The Balaban J connectivity index is 1.97. The summed E-state index contributed by atoms with van der Waals surface area (Å²) >= 11 is 0. The lowest BCUT2D eigenvalue weighted by atomic mass is 9.96. The minimum Gasteiger partial charge on any atom is -0.423 e. The van der Waals surface area contributed by atoms with Crippen LogP contribution < -0.4 is 4.74 Å². The van der Waals surface area contributed by atoms with Crippen molar-refractivity contribution in [1.29, 1.82) is 0 Å². The van der Waals surface area contributed by atoms with E-state index < -0.39 is 12.0 Å². The molecule has 1 aromatic rings. The molecule has 0 amide bonds. The lowest BCUT2D eigenvalue weighted by Crippen LogP contribution is -2.24. The van der Waals surface area contributed by atoms with E-state index in [-0.39, 0.29) is 4.92 Å². The molecule has 5 nitrogen and oxygen atoms in total. The van der Waals surface area contributed by atoms with Crippen LogP contribution in [0.2, 0.25) is 0 Å². The molecule has 1 atom stereocenters. The minimum atomic E-state index is -0.571. The number of nitro groups is 1. The molecule has 0 bridgehead atoms. The van der Waals surface area contributed by atoms with Crippen molar-refractivity contribution >= 4 is 5.97 Å². The molecule has 94 valence electrons. The fourth-order valence-corrected chi connectivity index (χ4v) is 1.86. The first-order valence-corrected chi connectivity index (χ1v) is 5.76. The highest BCUT2D eigenvalue weighted by molar-refractivity contribution is 5.90. The summed E-state index contributed by atoms with van der Waals surface area (Å²) in [6.45, 7) is 0. The van der Waals surface area contributed by atoms with Crippen LogP contribution in [0.1, 0.15) is 19.3 Å². The van der Waals surface area contributed by atoms with Crippen LogP contribution in [0.4, 0.5) is 0 Å². The lowest BCUT2D eigenvalue weighted by Gasteiger charge is -2.15. The summed E-state index contributed by atoms with van der Waals surface area (Å²) in [6, 6.07) is 8.21. The van der Waals surface area contributed by atoms with E-state index in [0.29, 0.717) is 30.6 Å². The number of esters is 1. The number of carbonyl (C=O) groups excluding carboxylic acids is 1. The summed E-state index contributed by atoms with van der Waals surface area (Å²) in [5.41, 5.74) is 0.525. The Morgan fingerprint density at radius 2 is 2.06 bits per heavy atom. The quantitative estimate of drug-likeness (QED) is 0.356. The van der Waals surface area contributed by atoms with Gasteiger partial charge in [-0.3, -0.25) is 10.1 Å². The largest absolute Gasteiger partial charge is 0.423 e. The second kappa shape index (κ2) is 5.44. The number of benzene rings is 1. The van der Waals surface area contributed by atoms with Gasteiger partial charge in [0, 0.05) is 23.3 Å². The summed E-state index contributed by atoms with van der Waals surface area (Å²) < 4.78 is 5.17. The number of nitrogens with zero attached hydrogens (tertiary/aromatic N) is 1. The molecular weight excluding hydrogens is 234 g/mol. The van der Waals surface area contributed by atoms with Gasteiger partial charge in [-0.25, -0.2) is 4.79 Å². The highest BCUT2D eigenvalue weighted by Crippen LogP contribution is 2.22. The Hall–Kier alpha value is -2.17. The van der Waals surface area contributed by atoms with Gasteiger partial charge < -0.3 is 4.74 Å². The van der Waals surface area contributed by atoms with Crippen LogP contribution in [-0.4, -0.2) is 16.9 Å². The third-order valence-corrected chi connectivity index (χ3v) is 2.90. The molecule has 0 aliphatic heterocycles. The van der Waals surface area contributed by atoms with E-state index in [1.165, 1.54) is 0 Å². The van der Waals surface area contributed by atoms with Crippen molar-refractivity contribution in [3.8, 4) is 5.75 Å². The highest BCUT2D eigenvalue weighted by Gasteiger charge is 2.26. The third-order valence-electron chi connectivity index (χ3n) is 2.90. The van der Waals surface area contributed by atoms with Crippen LogP contribution in [0.3, 0.4) is 0 Å². The molecule has 0 radical (unpaired) electrons. The van der Waals surface area contributed by atoms with Gasteiger partial charge in [0.15, 0.2) is 0 Å². The third kappa shape index (κ3) is 2.94. The van der Waals surface area contributed by atoms with Crippen molar-refractivity contribution in [2.45, 2.75) is 25.3 Å². The number of para-hydroxylation sites is 1. The average Bonchev–Trinajstić information content (AvgIpc) is 2.40. The zero-order valence-corrected chi connectivity index (χ0v) is 9.74. The fraction of sp³-hybridized carbons (Fsp3) is 0.308. The van der Waals surface area contributed by atoms with E-state index in [0.717, 1.165) is 0 Å². The molecule has 2 rings (SSSR count). The first-order chi connectivity index (χ1) is 8.66. The number of hydrogen-bond donors (Lipinski definition) is 0. The van der Waals surface area contributed by atoms with Crippen molar-refractivity contribution in [2.24, 2.45) is 0 Å². The second-order valence-corrected chi connectivity index (χ2v) is 4.15. The molecule has 1 aromatic carbocycles. The van der Waals surface area contributed by atoms with E-state index in [4.69, 9.17) is 4.74 Å². The maximum Gasteiger partial charge on any atom is 0.339 e. The molecule has 0 spiro atoms. The molecule has 0 saturated heterocycles. The summed E-state index contributed by atoms with van der Waals surface area (Å²) in [5.74, 6) is 0.0720. The predicted molar refractivity (Wildman–Crippen MR) is 64.8 cm³/mol. The Morgan fingerprint density at radius 1 is 1.33 bits per heavy atom. The van der Waals surface area contributed by atoms with Crippen LogP contribution in [0.15, 0.2) is 42.0 Å². The molecule has 0 heterocycles. The average molecular weight is 247 g/mol. The summed E-state index contributed by atoms with van der Waals surface area (Å²) in [5, 5.41) is 10.6. The van der Waals surface area contributed by atoms with E-state index in [9.17, 15) is 14.9 Å². The Kier molecular flexibility index (Phi) is 3.72. The van der Waals surface area contributed by atoms with Gasteiger partial charge in [0.2, 0.25) is 6.04 Å². The van der Waals surface area contributed by atoms with Gasteiger partial charge in [0.1, 0.15) is 5.75 Å². The first-order valence-electron chi connectivity index (χ1n) is 5.76. The molecule has 0 saturated carbocycles. The van der Waals surface area contributed by atoms with Gasteiger partial charge in [-0.1, -0.05) is 24.3 Å². The van der Waals surface area contributed by atoms with Crippen LogP contribution in [0.5, 0.6) is 5.75 Å². The molecule has 1 aliphatic rings. The van der Waals surface area contributed by atoms with Crippen molar-refractivity contribution in [2.75, 3.05) is 0 Å². The molecule has 0 fully saturated rings. The van der Waals surface area contributed by atoms with Crippen LogP contribution in [0, 0.1) is 10.1 Å². The molecule has 18 heavy (non-hydrogen) atoms. The normalized spacial score (nSPS) is 18.9. The van der Waals surface area contributed by atoms with Gasteiger partial charge >= 0.3 is 5.97 Å². The zero-order valence-electron chi connectivity index (χ0n) is 9.74. The van der Waals surface area contributed by atoms with Crippen LogP contribution in [0.25, 0.3) is 0 Å². The zero-order chi connectivity index (χ0) is 13.0. The molecule has 5 heteroatoms. The minimum absolute atomic E-state index is 0.296. The fourth-order valence-electron chi connectivity index (χ4n) is 1.86. The smallest absolute Gasteiger partial charge is 0.339 e. The van der Waals surface area contributed by atoms with Crippen molar-refractivity contribution in [3.63, 3.8) is 0 Å². The van der Waals surface area contributed by atoms with Crippen molar-refractivity contribution < 1.29 is 14.5 Å². The Labute approximate surface area is 104 Å². The maximum absolute atomic E-state index is 11.8. The van der Waals surface area contributed by atoms with E-state index in [1.54, 1.807) is 30.3 Å². The van der Waals surface area contributed by atoms with Gasteiger partial charge in [-0.15, -0.1) is 0 Å². The summed E-state index contributed by atoms with van der Waals surface area (Å²) in [4.78, 5) is 22.1. The first kappa shape index (κ1) is 12.3. The molecular formula is C13H13NO4. The van der Waals surface area contributed by atoms with Crippen molar-refractivity contribution in [1.82, 2.24) is 0 Å². The molecule has 0 N–H and O–H groups in total. The molecule has 1 unspecified atom stereocenters. The Morgan fingerprint density at radius 3 is 2.61 bits per heavy atom. The van der Waals surface area contributed by atoms with E-state index in [2.05, 4.69) is 0 Å². The SMILES string of the molecule is O=C(Oc1ccccc1)C1=CCC([N+](=O)[O-])CC1. The topological polar surface area (TPSA) is 69.4 Å². The van der Waals surface area contributed by atoms with Crippen molar-refractivity contribution in [3.05, 3.63) is 52.1 Å². The number of carbonyl (C=O) groups is 1. The van der Waals surface area contributed by atoms with Crippen LogP contribution >= 0.6 is 0 Å². The summed E-state index contributed by atoms with van der Waals surface area (Å²) in [7, 11) is 0. The van der Waals surface area contributed by atoms with E-state index in [1.807, 2.05) is 6.07 Å². The van der Waals surface area contributed by atoms with Gasteiger partial charge in [-0.2, -0.15) is 0 Å². The maximum atomic E-state index is 11.8. The van der Waals surface area contributed by atoms with Gasteiger partial charge in [0.25, 0.3) is 0 Å². The van der Waals surface area contributed by atoms with Crippen LogP contribution in [-0.2, 0) is 4.79 Å². The van der Waals surface area contributed by atoms with Gasteiger partial charge in [0.05, 0.1) is 0 Å². The Bertz CT molecular complexity index is 481. The molecule has 0 aromatic heterocycles. The number of ether oxygens (including phenoxy) is 1. The van der Waals surface area contributed by atoms with Gasteiger partial charge in [-0.05, 0) is 18.6 Å². The molecule has 1 aliphatic carbocycles. The number of hydrogen-bond acceptors (Lipinski definition) is 4. The monoisotopic (exact) mass is 247 g/mol. The lowest BCUT2D eigenvalue weighted by molar-refractivity contribution is -0.523. The standard InChI is InChI=1S/C13H13NO4/c15-13(18-12-4-2-1-3-5-12)10-6-8-11(9-7-10)14(16)17/h1-6,11H,7-9H2.